The van der Waals surface area contributed by atoms with Crippen molar-refractivity contribution in [1.29, 1.82) is 0 Å². The van der Waals surface area contributed by atoms with Gasteiger partial charge in [-0.1, -0.05) is 65.7 Å². The molecule has 0 unspecified atom stereocenters. The Bertz CT molecular complexity index is 973. The zero-order chi connectivity index (χ0) is 15.8. The van der Waals surface area contributed by atoms with E-state index in [2.05, 4.69) is 17.1 Å². The predicted octanol–water partition coefficient (Wildman–Crippen LogP) is 6.47. The van der Waals surface area contributed by atoms with Crippen LogP contribution in [0.15, 0.2) is 71.1 Å². The largest absolute Gasteiger partial charge is 0.436 e. The second-order valence-electron chi connectivity index (χ2n) is 5.16. The molecule has 0 atom stereocenters. The van der Waals surface area contributed by atoms with Crippen LogP contribution in [-0.2, 0) is 0 Å². The van der Waals surface area contributed by atoms with Gasteiger partial charge in [-0.25, -0.2) is 4.98 Å². The van der Waals surface area contributed by atoms with Crippen molar-refractivity contribution in [3.63, 3.8) is 0 Å². The molecule has 4 aromatic rings. The van der Waals surface area contributed by atoms with Gasteiger partial charge in [0, 0.05) is 0 Å². The van der Waals surface area contributed by atoms with Gasteiger partial charge in [-0.05, 0) is 35.4 Å². The van der Waals surface area contributed by atoms with Gasteiger partial charge in [0.15, 0.2) is 5.58 Å². The Morgan fingerprint density at radius 1 is 0.739 bits per heavy atom. The highest BCUT2D eigenvalue weighted by molar-refractivity contribution is 6.38. The van der Waals surface area contributed by atoms with E-state index in [4.69, 9.17) is 27.6 Å². The van der Waals surface area contributed by atoms with Gasteiger partial charge in [0.1, 0.15) is 5.52 Å². The summed E-state index contributed by atoms with van der Waals surface area (Å²) in [6.07, 6.45) is 0. The summed E-state index contributed by atoms with van der Waals surface area (Å²) in [5.74, 6) is 0.431. The maximum Gasteiger partial charge on any atom is 0.230 e. The average Bonchev–Trinajstić information content (AvgIpc) is 2.98. The zero-order valence-corrected chi connectivity index (χ0v) is 13.5. The molecule has 3 aromatic carbocycles. The van der Waals surface area contributed by atoms with Crippen LogP contribution in [0.5, 0.6) is 0 Å². The van der Waals surface area contributed by atoms with Crippen molar-refractivity contribution in [1.82, 2.24) is 4.98 Å². The van der Waals surface area contributed by atoms with Crippen LogP contribution in [0, 0.1) is 0 Å². The molecule has 1 aromatic heterocycles. The van der Waals surface area contributed by atoms with Crippen molar-refractivity contribution in [3.8, 4) is 22.6 Å². The van der Waals surface area contributed by atoms with E-state index in [0.29, 0.717) is 27.1 Å². The van der Waals surface area contributed by atoms with Crippen molar-refractivity contribution >= 4 is 34.3 Å². The minimum absolute atomic E-state index is 0.431. The number of oxazole rings is 1. The Kier molecular flexibility index (Phi) is 3.56. The third-order valence-corrected chi connectivity index (χ3v) is 4.30. The maximum absolute atomic E-state index is 6.23. The van der Waals surface area contributed by atoms with Crippen LogP contribution in [0.1, 0.15) is 0 Å². The number of halogens is 2. The predicted molar refractivity (Wildman–Crippen MR) is 94.9 cm³/mol. The zero-order valence-electron chi connectivity index (χ0n) is 12.0. The van der Waals surface area contributed by atoms with Gasteiger partial charge in [0.25, 0.3) is 0 Å². The standard InChI is InChI=1S/C19H11Cl2NO/c20-14-7-4-8-15(21)18(14)19-22-16-11-13(9-10-17(16)23-19)12-5-2-1-3-6-12/h1-11H. The molecule has 0 N–H and O–H groups in total. The van der Waals surface area contributed by atoms with Crippen LogP contribution in [0.25, 0.3) is 33.7 Å². The number of nitrogens with zero attached hydrogens (tertiary/aromatic N) is 1. The average molecular weight is 340 g/mol. The molecule has 0 aliphatic heterocycles. The molecule has 23 heavy (non-hydrogen) atoms. The molecule has 4 heteroatoms. The monoisotopic (exact) mass is 339 g/mol. The highest BCUT2D eigenvalue weighted by atomic mass is 35.5. The third kappa shape index (κ3) is 2.61. The Labute approximate surface area is 143 Å². The first-order valence-corrected chi connectivity index (χ1v) is 7.88. The van der Waals surface area contributed by atoms with Crippen molar-refractivity contribution < 1.29 is 4.42 Å². The summed E-state index contributed by atoms with van der Waals surface area (Å²) in [6, 6.07) is 21.4. The molecule has 0 spiro atoms. The first-order valence-electron chi connectivity index (χ1n) is 7.13. The van der Waals surface area contributed by atoms with E-state index in [9.17, 15) is 0 Å². The second-order valence-corrected chi connectivity index (χ2v) is 5.98. The SMILES string of the molecule is Clc1cccc(Cl)c1-c1nc2cc(-c3ccccc3)ccc2o1. The summed E-state index contributed by atoms with van der Waals surface area (Å²) < 4.78 is 5.83. The fraction of sp³-hybridized carbons (Fsp3) is 0. The molecule has 112 valence electrons. The molecule has 0 bridgehead atoms. The van der Waals surface area contributed by atoms with Crippen LogP contribution in [0.4, 0.5) is 0 Å². The Morgan fingerprint density at radius 3 is 2.22 bits per heavy atom. The minimum Gasteiger partial charge on any atom is -0.436 e. The van der Waals surface area contributed by atoms with Crippen LogP contribution in [0.3, 0.4) is 0 Å². The lowest BCUT2D eigenvalue weighted by molar-refractivity contribution is 0.620. The highest BCUT2D eigenvalue weighted by Gasteiger charge is 2.15. The molecule has 4 rings (SSSR count). The molecule has 0 aliphatic carbocycles. The first-order chi connectivity index (χ1) is 11.2. The van der Waals surface area contributed by atoms with E-state index >= 15 is 0 Å². The number of fused-ring (bicyclic) bond motifs is 1. The van der Waals surface area contributed by atoms with E-state index in [0.717, 1.165) is 16.6 Å². The summed E-state index contributed by atoms with van der Waals surface area (Å²) in [7, 11) is 0. The number of rotatable bonds is 2. The van der Waals surface area contributed by atoms with E-state index in [1.54, 1.807) is 18.2 Å². The lowest BCUT2D eigenvalue weighted by Gasteiger charge is -2.01. The molecular weight excluding hydrogens is 329 g/mol. The van der Waals surface area contributed by atoms with Gasteiger partial charge in [0.05, 0.1) is 15.6 Å². The quantitative estimate of drug-likeness (QED) is 0.418. The summed E-state index contributed by atoms with van der Waals surface area (Å²) in [5.41, 5.74) is 4.32. The second kappa shape index (κ2) is 5.73. The summed E-state index contributed by atoms with van der Waals surface area (Å²) in [5, 5.41) is 1.04. The van der Waals surface area contributed by atoms with Crippen molar-refractivity contribution in [3.05, 3.63) is 76.8 Å². The van der Waals surface area contributed by atoms with Crippen LogP contribution in [0.2, 0.25) is 10.0 Å². The number of hydrogen-bond donors (Lipinski definition) is 0. The molecule has 0 radical (unpaired) electrons. The van der Waals surface area contributed by atoms with Crippen LogP contribution < -0.4 is 0 Å². The molecule has 1 heterocycles. The molecular formula is C19H11Cl2NO. The van der Waals surface area contributed by atoms with Crippen molar-refractivity contribution in [2.24, 2.45) is 0 Å². The molecule has 0 aliphatic rings. The fourth-order valence-corrected chi connectivity index (χ4v) is 3.11. The normalized spacial score (nSPS) is 11.0. The third-order valence-electron chi connectivity index (χ3n) is 3.67. The topological polar surface area (TPSA) is 26.0 Å². The molecule has 0 saturated heterocycles. The van der Waals surface area contributed by atoms with E-state index in [1.165, 1.54) is 0 Å². The van der Waals surface area contributed by atoms with Gasteiger partial charge < -0.3 is 4.42 Å². The number of hydrogen-bond acceptors (Lipinski definition) is 2. The summed E-state index contributed by atoms with van der Waals surface area (Å²) >= 11 is 12.5. The smallest absolute Gasteiger partial charge is 0.230 e. The van der Waals surface area contributed by atoms with Gasteiger partial charge in [-0.3, -0.25) is 0 Å². The van der Waals surface area contributed by atoms with Gasteiger partial charge in [0.2, 0.25) is 5.89 Å². The van der Waals surface area contributed by atoms with Crippen LogP contribution in [-0.4, -0.2) is 4.98 Å². The Hall–Kier alpha value is -2.29. The van der Waals surface area contributed by atoms with E-state index < -0.39 is 0 Å². The van der Waals surface area contributed by atoms with E-state index in [-0.39, 0.29) is 0 Å². The van der Waals surface area contributed by atoms with Crippen molar-refractivity contribution in [2.45, 2.75) is 0 Å². The van der Waals surface area contributed by atoms with Gasteiger partial charge in [-0.15, -0.1) is 0 Å². The highest BCUT2D eigenvalue weighted by Crippen LogP contribution is 2.36. The van der Waals surface area contributed by atoms with E-state index in [1.807, 2.05) is 36.4 Å². The Morgan fingerprint density at radius 2 is 1.48 bits per heavy atom. The lowest BCUT2D eigenvalue weighted by atomic mass is 10.1. The lowest BCUT2D eigenvalue weighted by Crippen LogP contribution is -1.81. The van der Waals surface area contributed by atoms with Crippen molar-refractivity contribution in [2.75, 3.05) is 0 Å². The van der Waals surface area contributed by atoms with Gasteiger partial charge >= 0.3 is 0 Å². The van der Waals surface area contributed by atoms with Gasteiger partial charge in [-0.2, -0.15) is 0 Å². The van der Waals surface area contributed by atoms with Crippen LogP contribution >= 0.6 is 23.2 Å². The first kappa shape index (κ1) is 14.3. The number of aromatic nitrogens is 1. The molecule has 2 nitrogen and oxygen atoms in total. The molecule has 0 amide bonds. The maximum atomic E-state index is 6.23. The molecule has 0 saturated carbocycles. The molecule has 0 fully saturated rings. The minimum atomic E-state index is 0.431. The summed E-state index contributed by atoms with van der Waals surface area (Å²) in [6.45, 7) is 0. The fourth-order valence-electron chi connectivity index (χ4n) is 2.55. The Balaban J connectivity index is 1.86. The number of benzene rings is 3. The summed E-state index contributed by atoms with van der Waals surface area (Å²) in [4.78, 5) is 4.56.